The minimum Gasteiger partial charge on any atom is -0.462 e. The zero-order chi connectivity index (χ0) is 21.6. The molecule has 7 nitrogen and oxygen atoms in total. The summed E-state index contributed by atoms with van der Waals surface area (Å²) < 4.78 is 30.3. The molecule has 8 heteroatoms. The van der Waals surface area contributed by atoms with Gasteiger partial charge in [-0.2, -0.15) is 0 Å². The van der Waals surface area contributed by atoms with Gasteiger partial charge in [-0.1, -0.05) is 20.8 Å². The second kappa shape index (κ2) is 7.81. The van der Waals surface area contributed by atoms with E-state index < -0.39 is 20.2 Å². The highest BCUT2D eigenvalue weighted by Crippen LogP contribution is 2.46. The summed E-state index contributed by atoms with van der Waals surface area (Å²) in [6.45, 7) is 17.4. The number of H-pyrrole nitrogens is 1. The van der Waals surface area contributed by atoms with Gasteiger partial charge in [-0.15, -0.1) is 0 Å². The molecule has 2 saturated heterocycles. The van der Waals surface area contributed by atoms with E-state index in [0.29, 0.717) is 18.8 Å². The standard InChI is InChI=1S/C21H35NO6Si/c1-9-24-19(23)14-11-22-10-13(14)16-18-17(27-21(5,6)28-18)15(26-16)12-25-29(7,8)20(2,3)4/h10-11,15-18,22H,9,12H2,1-8H3/t15-,16-,17-,18+/m1/s1. The topological polar surface area (TPSA) is 79.0 Å². The molecule has 0 aliphatic carbocycles. The summed E-state index contributed by atoms with van der Waals surface area (Å²) in [6.07, 6.45) is 2.14. The van der Waals surface area contributed by atoms with Gasteiger partial charge in [0, 0.05) is 18.0 Å². The summed E-state index contributed by atoms with van der Waals surface area (Å²) in [7, 11) is -1.94. The van der Waals surface area contributed by atoms with Gasteiger partial charge in [0.2, 0.25) is 0 Å². The van der Waals surface area contributed by atoms with Crippen LogP contribution in [0.1, 0.15) is 63.6 Å². The lowest BCUT2D eigenvalue weighted by atomic mass is 10.0. The lowest BCUT2D eigenvalue weighted by Gasteiger charge is -2.37. The van der Waals surface area contributed by atoms with Crippen molar-refractivity contribution < 1.29 is 28.2 Å². The highest BCUT2D eigenvalue weighted by atomic mass is 28.4. The van der Waals surface area contributed by atoms with E-state index in [-0.39, 0.29) is 29.3 Å². The van der Waals surface area contributed by atoms with E-state index in [2.05, 4.69) is 38.8 Å². The van der Waals surface area contributed by atoms with Gasteiger partial charge in [-0.25, -0.2) is 4.79 Å². The number of esters is 1. The van der Waals surface area contributed by atoms with E-state index in [1.807, 2.05) is 13.8 Å². The lowest BCUT2D eigenvalue weighted by molar-refractivity contribution is -0.190. The van der Waals surface area contributed by atoms with Crippen molar-refractivity contribution in [3.05, 3.63) is 23.5 Å². The fourth-order valence-electron chi connectivity index (χ4n) is 3.57. The fraction of sp³-hybridized carbons (Fsp3) is 0.762. The van der Waals surface area contributed by atoms with Crippen molar-refractivity contribution in [1.82, 2.24) is 4.98 Å². The zero-order valence-electron chi connectivity index (χ0n) is 18.8. The molecule has 3 heterocycles. The van der Waals surface area contributed by atoms with Gasteiger partial charge < -0.3 is 28.4 Å². The minimum atomic E-state index is -1.94. The third-order valence-electron chi connectivity index (χ3n) is 6.14. The number of fused-ring (bicyclic) bond motifs is 1. The van der Waals surface area contributed by atoms with Crippen LogP contribution < -0.4 is 0 Å². The van der Waals surface area contributed by atoms with Crippen LogP contribution in [0.4, 0.5) is 0 Å². The molecule has 164 valence electrons. The van der Waals surface area contributed by atoms with Crippen molar-refractivity contribution in [3.8, 4) is 0 Å². The Morgan fingerprint density at radius 3 is 2.48 bits per heavy atom. The monoisotopic (exact) mass is 425 g/mol. The summed E-state index contributed by atoms with van der Waals surface area (Å²) in [5.74, 6) is -1.09. The number of aromatic nitrogens is 1. The van der Waals surface area contributed by atoms with E-state index in [1.54, 1.807) is 19.3 Å². The number of aromatic amines is 1. The molecule has 29 heavy (non-hydrogen) atoms. The van der Waals surface area contributed by atoms with Crippen LogP contribution >= 0.6 is 0 Å². The Balaban J connectivity index is 1.82. The Morgan fingerprint density at radius 2 is 1.86 bits per heavy atom. The van der Waals surface area contributed by atoms with E-state index in [1.165, 1.54) is 0 Å². The van der Waals surface area contributed by atoms with Crippen LogP contribution in [0, 0.1) is 0 Å². The van der Waals surface area contributed by atoms with Crippen LogP contribution in [0.25, 0.3) is 0 Å². The smallest absolute Gasteiger partial charge is 0.340 e. The van der Waals surface area contributed by atoms with E-state index >= 15 is 0 Å². The van der Waals surface area contributed by atoms with Crippen LogP contribution in [-0.2, 0) is 23.4 Å². The van der Waals surface area contributed by atoms with Crippen molar-refractivity contribution in [2.75, 3.05) is 13.2 Å². The van der Waals surface area contributed by atoms with E-state index in [0.717, 1.165) is 5.56 Å². The van der Waals surface area contributed by atoms with E-state index in [9.17, 15) is 4.79 Å². The molecule has 1 aromatic rings. The van der Waals surface area contributed by atoms with Crippen LogP contribution in [0.15, 0.2) is 12.4 Å². The number of nitrogens with one attached hydrogen (secondary N) is 1. The molecule has 0 saturated carbocycles. The predicted octanol–water partition coefficient (Wildman–Crippen LogP) is 4.17. The summed E-state index contributed by atoms with van der Waals surface area (Å²) in [6, 6.07) is 0. The third-order valence-corrected chi connectivity index (χ3v) is 10.6. The molecule has 0 aromatic carbocycles. The Morgan fingerprint density at radius 1 is 1.21 bits per heavy atom. The molecule has 0 amide bonds. The maximum atomic E-state index is 12.4. The number of hydrogen-bond donors (Lipinski definition) is 1. The van der Waals surface area contributed by atoms with Crippen LogP contribution in [0.5, 0.6) is 0 Å². The molecule has 4 atom stereocenters. The average molecular weight is 426 g/mol. The summed E-state index contributed by atoms with van der Waals surface area (Å²) >= 11 is 0. The molecule has 0 radical (unpaired) electrons. The van der Waals surface area contributed by atoms with Gasteiger partial charge in [-0.3, -0.25) is 0 Å². The Hall–Kier alpha value is -1.19. The molecule has 0 unspecified atom stereocenters. The average Bonchev–Trinajstić information content (AvgIpc) is 3.25. The van der Waals surface area contributed by atoms with Crippen molar-refractivity contribution >= 4 is 14.3 Å². The summed E-state index contributed by atoms with van der Waals surface area (Å²) in [4.78, 5) is 15.4. The first-order valence-electron chi connectivity index (χ1n) is 10.3. The van der Waals surface area contributed by atoms with Crippen LogP contribution in [-0.4, -0.2) is 56.6 Å². The molecule has 1 N–H and O–H groups in total. The van der Waals surface area contributed by atoms with Gasteiger partial charge in [0.05, 0.1) is 18.8 Å². The molecule has 1 aromatic heterocycles. The van der Waals surface area contributed by atoms with Crippen LogP contribution in [0.3, 0.4) is 0 Å². The minimum absolute atomic E-state index is 0.106. The number of ether oxygens (including phenoxy) is 4. The first kappa shape index (κ1) is 22.5. The molecule has 0 bridgehead atoms. The maximum Gasteiger partial charge on any atom is 0.340 e. The largest absolute Gasteiger partial charge is 0.462 e. The first-order chi connectivity index (χ1) is 13.4. The zero-order valence-corrected chi connectivity index (χ0v) is 19.8. The lowest BCUT2D eigenvalue weighted by Crippen LogP contribution is -2.44. The maximum absolute atomic E-state index is 12.4. The van der Waals surface area contributed by atoms with Crippen molar-refractivity contribution in [1.29, 1.82) is 0 Å². The van der Waals surface area contributed by atoms with Crippen molar-refractivity contribution in [3.63, 3.8) is 0 Å². The molecule has 2 aliphatic heterocycles. The first-order valence-corrected chi connectivity index (χ1v) is 13.3. The molecular weight excluding hydrogens is 390 g/mol. The fourth-order valence-corrected chi connectivity index (χ4v) is 4.58. The molecular formula is C21H35NO6Si. The second-order valence-electron chi connectivity index (χ2n) is 9.78. The van der Waals surface area contributed by atoms with Gasteiger partial charge in [0.15, 0.2) is 14.1 Å². The van der Waals surface area contributed by atoms with Gasteiger partial charge in [0.25, 0.3) is 0 Å². The number of rotatable bonds is 6. The predicted molar refractivity (Wildman–Crippen MR) is 111 cm³/mol. The Labute approximate surface area is 174 Å². The second-order valence-corrected chi connectivity index (χ2v) is 14.6. The number of carbonyl (C=O) groups is 1. The summed E-state index contributed by atoms with van der Waals surface area (Å²) in [5.41, 5.74) is 1.20. The van der Waals surface area contributed by atoms with Crippen molar-refractivity contribution in [2.24, 2.45) is 0 Å². The highest BCUT2D eigenvalue weighted by Gasteiger charge is 2.56. The third kappa shape index (κ3) is 4.46. The summed E-state index contributed by atoms with van der Waals surface area (Å²) in [5, 5.41) is 0.106. The number of hydrogen-bond acceptors (Lipinski definition) is 6. The Kier molecular flexibility index (Phi) is 6.06. The van der Waals surface area contributed by atoms with Gasteiger partial charge >= 0.3 is 5.97 Å². The molecule has 0 spiro atoms. The quantitative estimate of drug-likeness (QED) is 0.544. The van der Waals surface area contributed by atoms with Crippen LogP contribution in [0.2, 0.25) is 18.1 Å². The molecule has 2 fully saturated rings. The normalized spacial score (nSPS) is 29.1. The SMILES string of the molecule is CCOC(=O)c1c[nH]cc1[C@H]1O[C@H](CO[Si](C)(C)C(C)(C)C)[C@H]2OC(C)(C)O[C@H]21. The number of carbonyl (C=O) groups excluding carboxylic acids is 1. The van der Waals surface area contributed by atoms with Gasteiger partial charge in [0.1, 0.15) is 24.4 Å². The molecule has 2 aliphatic rings. The molecule has 3 rings (SSSR count). The van der Waals surface area contributed by atoms with Gasteiger partial charge in [-0.05, 0) is 38.9 Å². The van der Waals surface area contributed by atoms with Crippen molar-refractivity contribution in [2.45, 2.75) is 89.9 Å². The highest BCUT2D eigenvalue weighted by molar-refractivity contribution is 6.74. The van der Waals surface area contributed by atoms with E-state index in [4.69, 9.17) is 23.4 Å². The Bertz CT molecular complexity index is 738.